The number of carbonyl (C=O) groups is 1. The number of sulfonamides is 1. The summed E-state index contributed by atoms with van der Waals surface area (Å²) in [5.41, 5.74) is 0.271. The van der Waals surface area contributed by atoms with Crippen molar-refractivity contribution in [1.82, 2.24) is 14.5 Å². The first kappa shape index (κ1) is 15.9. The van der Waals surface area contributed by atoms with Gasteiger partial charge in [0.2, 0.25) is 11.8 Å². The summed E-state index contributed by atoms with van der Waals surface area (Å²) in [6.07, 6.45) is 0.481. The SMILES string of the molecule is Cc1nn(C)cc1S(=O)(=O)NC(=O)C1CCC(F)(F)CC1. The number of halogens is 2. The Balaban J connectivity index is 2.07. The minimum absolute atomic E-state index is 0.0135. The zero-order chi connectivity index (χ0) is 15.8. The van der Waals surface area contributed by atoms with Crippen molar-refractivity contribution in [2.45, 2.75) is 43.4 Å². The molecule has 1 aromatic heterocycles. The molecule has 0 unspecified atom stereocenters. The Hall–Kier alpha value is -1.51. The molecule has 1 N–H and O–H groups in total. The molecule has 2 rings (SSSR count). The number of hydrogen-bond donors (Lipinski definition) is 1. The van der Waals surface area contributed by atoms with E-state index in [1.165, 1.54) is 17.8 Å². The van der Waals surface area contributed by atoms with Gasteiger partial charge in [0.1, 0.15) is 4.90 Å². The van der Waals surface area contributed by atoms with E-state index in [1.807, 2.05) is 4.72 Å². The predicted octanol–water partition coefficient (Wildman–Crippen LogP) is 1.36. The molecule has 0 aromatic carbocycles. The van der Waals surface area contributed by atoms with Gasteiger partial charge in [-0.25, -0.2) is 21.9 Å². The summed E-state index contributed by atoms with van der Waals surface area (Å²) < 4.78 is 53.6. The average Bonchev–Trinajstić information content (AvgIpc) is 2.68. The second kappa shape index (κ2) is 5.36. The number of hydrogen-bond acceptors (Lipinski definition) is 4. The Morgan fingerprint density at radius 3 is 2.48 bits per heavy atom. The molecule has 1 aromatic rings. The molecule has 1 aliphatic rings. The van der Waals surface area contributed by atoms with Gasteiger partial charge in [-0.2, -0.15) is 5.10 Å². The molecule has 1 fully saturated rings. The van der Waals surface area contributed by atoms with E-state index >= 15 is 0 Å². The van der Waals surface area contributed by atoms with Crippen molar-refractivity contribution >= 4 is 15.9 Å². The van der Waals surface area contributed by atoms with Crippen LogP contribution in [0.5, 0.6) is 0 Å². The highest BCUT2D eigenvalue weighted by Gasteiger charge is 2.38. The summed E-state index contributed by atoms with van der Waals surface area (Å²) in [7, 11) is -2.45. The van der Waals surface area contributed by atoms with Gasteiger partial charge < -0.3 is 0 Å². The van der Waals surface area contributed by atoms with Gasteiger partial charge in [0.25, 0.3) is 10.0 Å². The molecular weight excluding hydrogens is 304 g/mol. The van der Waals surface area contributed by atoms with Crippen LogP contribution >= 0.6 is 0 Å². The van der Waals surface area contributed by atoms with Gasteiger partial charge in [0.15, 0.2) is 0 Å². The maximum absolute atomic E-state index is 13.0. The highest BCUT2D eigenvalue weighted by molar-refractivity contribution is 7.90. The third-order valence-corrected chi connectivity index (χ3v) is 5.03. The first-order valence-corrected chi connectivity index (χ1v) is 8.04. The molecule has 0 spiro atoms. The monoisotopic (exact) mass is 321 g/mol. The highest BCUT2D eigenvalue weighted by Crippen LogP contribution is 2.36. The Bertz CT molecular complexity index is 645. The van der Waals surface area contributed by atoms with Crippen molar-refractivity contribution < 1.29 is 22.0 Å². The lowest BCUT2D eigenvalue weighted by Gasteiger charge is -2.27. The van der Waals surface area contributed by atoms with Crippen LogP contribution in [0.25, 0.3) is 0 Å². The van der Waals surface area contributed by atoms with Crippen LogP contribution in [0.2, 0.25) is 0 Å². The molecule has 1 aliphatic carbocycles. The second-order valence-corrected chi connectivity index (χ2v) is 7.00. The Kier molecular flexibility index (Phi) is 4.05. The maximum Gasteiger partial charge on any atom is 0.267 e. The number of aromatic nitrogens is 2. The molecule has 1 heterocycles. The summed E-state index contributed by atoms with van der Waals surface area (Å²) in [5, 5.41) is 3.90. The van der Waals surface area contributed by atoms with Gasteiger partial charge >= 0.3 is 0 Å². The maximum atomic E-state index is 13.0. The third kappa shape index (κ3) is 3.58. The third-order valence-electron chi connectivity index (χ3n) is 3.58. The quantitative estimate of drug-likeness (QED) is 0.911. The molecular formula is C12H17F2N3O3S. The van der Waals surface area contributed by atoms with Crippen LogP contribution in [-0.2, 0) is 21.9 Å². The number of nitrogens with zero attached hydrogens (tertiary/aromatic N) is 2. The van der Waals surface area contributed by atoms with Crippen LogP contribution in [0, 0.1) is 12.8 Å². The van der Waals surface area contributed by atoms with E-state index in [4.69, 9.17) is 0 Å². The smallest absolute Gasteiger partial charge is 0.267 e. The Morgan fingerprint density at radius 1 is 1.43 bits per heavy atom. The number of carbonyl (C=O) groups excluding carboxylic acids is 1. The molecule has 9 heteroatoms. The van der Waals surface area contributed by atoms with Crippen LogP contribution < -0.4 is 4.72 Å². The van der Waals surface area contributed by atoms with E-state index < -0.39 is 40.6 Å². The predicted molar refractivity (Wildman–Crippen MR) is 70.2 cm³/mol. The lowest BCUT2D eigenvalue weighted by Crippen LogP contribution is -2.39. The van der Waals surface area contributed by atoms with Gasteiger partial charge in [-0.15, -0.1) is 0 Å². The molecule has 21 heavy (non-hydrogen) atoms. The van der Waals surface area contributed by atoms with E-state index in [1.54, 1.807) is 7.05 Å². The van der Waals surface area contributed by atoms with Gasteiger partial charge in [-0.3, -0.25) is 9.48 Å². The van der Waals surface area contributed by atoms with E-state index in [9.17, 15) is 22.0 Å². The van der Waals surface area contributed by atoms with Crippen molar-refractivity contribution in [3.63, 3.8) is 0 Å². The Labute approximate surface area is 121 Å². The molecule has 0 aliphatic heterocycles. The molecule has 0 atom stereocenters. The van der Waals surface area contributed by atoms with Gasteiger partial charge in [0.05, 0.1) is 5.69 Å². The largest absolute Gasteiger partial charge is 0.274 e. The lowest BCUT2D eigenvalue weighted by atomic mass is 9.86. The molecule has 1 saturated carbocycles. The molecule has 0 radical (unpaired) electrons. The summed E-state index contributed by atoms with van der Waals surface area (Å²) in [6.45, 7) is 1.51. The first-order chi connectivity index (χ1) is 9.61. The van der Waals surface area contributed by atoms with Crippen LogP contribution in [0.1, 0.15) is 31.4 Å². The van der Waals surface area contributed by atoms with Crippen LogP contribution in [-0.4, -0.2) is 30.0 Å². The fourth-order valence-corrected chi connectivity index (χ4v) is 3.68. The summed E-state index contributed by atoms with van der Waals surface area (Å²) in [6, 6.07) is 0. The van der Waals surface area contributed by atoms with Crippen molar-refractivity contribution in [1.29, 1.82) is 0 Å². The summed E-state index contributed by atoms with van der Waals surface area (Å²) in [5.74, 6) is -4.18. The molecule has 118 valence electrons. The van der Waals surface area contributed by atoms with Crippen molar-refractivity contribution in [2.75, 3.05) is 0 Å². The molecule has 0 bridgehead atoms. The van der Waals surface area contributed by atoms with Crippen LogP contribution in [0.15, 0.2) is 11.1 Å². The summed E-state index contributed by atoms with van der Waals surface area (Å²) >= 11 is 0. The topological polar surface area (TPSA) is 81.1 Å². The standard InChI is InChI=1S/C12H17F2N3O3S/c1-8-10(7-17(2)15-8)21(19,20)16-11(18)9-3-5-12(13,14)6-4-9/h7,9H,3-6H2,1-2H3,(H,16,18). The molecule has 0 saturated heterocycles. The minimum Gasteiger partial charge on any atom is -0.274 e. The van der Waals surface area contributed by atoms with Gasteiger partial charge in [-0.05, 0) is 19.8 Å². The van der Waals surface area contributed by atoms with Crippen molar-refractivity contribution in [3.05, 3.63) is 11.9 Å². The fourth-order valence-electron chi connectivity index (χ4n) is 2.41. The van der Waals surface area contributed by atoms with Crippen LogP contribution in [0.3, 0.4) is 0 Å². The van der Waals surface area contributed by atoms with E-state index in [0.29, 0.717) is 0 Å². The fraction of sp³-hybridized carbons (Fsp3) is 0.667. The van der Waals surface area contributed by atoms with Crippen LogP contribution in [0.4, 0.5) is 8.78 Å². The lowest BCUT2D eigenvalue weighted by molar-refractivity contribution is -0.127. The normalized spacial score (nSPS) is 19.4. The van der Waals surface area contributed by atoms with E-state index in [-0.39, 0.29) is 23.4 Å². The van der Waals surface area contributed by atoms with Gasteiger partial charge in [0, 0.05) is 32.0 Å². The molecule has 6 nitrogen and oxygen atoms in total. The summed E-state index contributed by atoms with van der Waals surface area (Å²) in [4.78, 5) is 11.9. The average molecular weight is 321 g/mol. The number of nitrogens with one attached hydrogen (secondary N) is 1. The Morgan fingerprint density at radius 2 is 2.00 bits per heavy atom. The van der Waals surface area contributed by atoms with Gasteiger partial charge in [-0.1, -0.05) is 0 Å². The minimum atomic E-state index is -4.02. The number of aryl methyl sites for hydroxylation is 2. The zero-order valence-corrected chi connectivity index (χ0v) is 12.6. The van der Waals surface area contributed by atoms with Crippen molar-refractivity contribution in [3.8, 4) is 0 Å². The zero-order valence-electron chi connectivity index (χ0n) is 11.8. The highest BCUT2D eigenvalue weighted by atomic mass is 32.2. The second-order valence-electron chi connectivity index (χ2n) is 5.35. The first-order valence-electron chi connectivity index (χ1n) is 6.55. The number of amides is 1. The molecule has 1 amide bonds. The van der Waals surface area contributed by atoms with E-state index in [0.717, 1.165) is 0 Å². The number of alkyl halides is 2. The van der Waals surface area contributed by atoms with E-state index in [2.05, 4.69) is 5.10 Å². The van der Waals surface area contributed by atoms with Crippen molar-refractivity contribution in [2.24, 2.45) is 13.0 Å². The number of rotatable bonds is 3.